The maximum absolute atomic E-state index is 4.56. The van der Waals surface area contributed by atoms with E-state index in [0.717, 1.165) is 16.7 Å². The Kier molecular flexibility index (Phi) is 9.20. The van der Waals surface area contributed by atoms with Gasteiger partial charge in [0.2, 0.25) is 6.71 Å². The van der Waals surface area contributed by atoms with E-state index >= 15 is 0 Å². The highest BCUT2D eigenvalue weighted by atomic mass is 14.6. The molecule has 0 radical (unpaired) electrons. The molecular weight excluding hydrogens is 593 g/mol. The Morgan fingerprint density at radius 3 is 0.816 bits per heavy atom. The molecule has 3 heterocycles. The highest BCUT2D eigenvalue weighted by Gasteiger charge is 2.36. The lowest BCUT2D eigenvalue weighted by molar-refractivity contribution is 1.23. The van der Waals surface area contributed by atoms with Crippen molar-refractivity contribution in [2.24, 2.45) is 0 Å². The monoisotopic (exact) mass is 641 g/mol. The van der Waals surface area contributed by atoms with E-state index in [4.69, 9.17) is 0 Å². The summed E-state index contributed by atoms with van der Waals surface area (Å²) < 4.78 is 0. The van der Waals surface area contributed by atoms with Gasteiger partial charge < -0.3 is 0 Å². The molecule has 0 aliphatic carbocycles. The highest BCUT2D eigenvalue weighted by Crippen LogP contribution is 2.35. The summed E-state index contributed by atoms with van der Waals surface area (Å²) in [7, 11) is 0. The maximum atomic E-state index is 4.56. The largest absolute Gasteiger partial charge is 0.264 e. The quantitative estimate of drug-likeness (QED) is 0.170. The molecule has 0 bridgehead atoms. The fourth-order valence-electron chi connectivity index (χ4n) is 8.67. The molecule has 0 N–H and O–H groups in total. The van der Waals surface area contributed by atoms with Crippen molar-refractivity contribution in [3.05, 3.63) is 140 Å². The number of pyridine rings is 3. The fourth-order valence-corrected chi connectivity index (χ4v) is 8.67. The van der Waals surface area contributed by atoms with Crippen molar-refractivity contribution in [3.8, 4) is 33.4 Å². The topological polar surface area (TPSA) is 38.7 Å². The number of aromatic nitrogens is 3. The number of hydrogen-bond donors (Lipinski definition) is 0. The molecule has 0 fully saturated rings. The molecule has 49 heavy (non-hydrogen) atoms. The second-order valence-corrected chi connectivity index (χ2v) is 14.0. The van der Waals surface area contributed by atoms with Crippen molar-refractivity contribution in [2.45, 2.75) is 83.1 Å². The fraction of sp³-hybridized carbons (Fsp3) is 0.267. The SMILES string of the molecule is Cc1c(C)c(B(c2c(C)c(C)c(C)c(-c3cccnc3)c2C)c2c(C)c(C)c(C)c(-c3cccnc3)c2C)c(C)c(-c2cccnc2)c1C. The normalized spacial score (nSPS) is 11.3. The lowest BCUT2D eigenvalue weighted by Crippen LogP contribution is -2.58. The van der Waals surface area contributed by atoms with E-state index < -0.39 is 0 Å². The zero-order chi connectivity index (χ0) is 35.3. The molecule has 3 aromatic heterocycles. The Hall–Kier alpha value is -4.83. The van der Waals surface area contributed by atoms with Crippen LogP contribution in [0.15, 0.2) is 73.6 Å². The van der Waals surface area contributed by atoms with E-state index in [-0.39, 0.29) is 6.71 Å². The number of hydrogen-bond acceptors (Lipinski definition) is 3. The standard InChI is InChI=1S/C45H48BN3/c1-25-28(4)40(37-16-13-19-47-22-37)34(10)43(31(25)7)46(44-32(8)26(2)29(5)41(35(44)11)38-17-14-20-48-23-38)45-33(9)27(3)30(6)42(36(45)12)39-18-15-21-49-24-39/h13-24H,1-12H3. The van der Waals surface area contributed by atoms with Gasteiger partial charge in [0.15, 0.2) is 0 Å². The summed E-state index contributed by atoms with van der Waals surface area (Å²) in [6, 6.07) is 12.8. The number of rotatable bonds is 6. The lowest BCUT2D eigenvalue weighted by Gasteiger charge is -2.33. The van der Waals surface area contributed by atoms with Crippen molar-refractivity contribution in [2.75, 3.05) is 0 Å². The molecule has 246 valence electrons. The molecule has 0 aliphatic heterocycles. The van der Waals surface area contributed by atoms with Crippen LogP contribution in [-0.4, -0.2) is 21.7 Å². The Balaban J connectivity index is 1.85. The van der Waals surface area contributed by atoms with Gasteiger partial charge in [0.05, 0.1) is 0 Å². The third-order valence-electron chi connectivity index (χ3n) is 11.8. The molecule has 0 spiro atoms. The first kappa shape index (κ1) is 34.1. The molecule has 6 aromatic rings. The Morgan fingerprint density at radius 1 is 0.327 bits per heavy atom. The first-order chi connectivity index (χ1) is 23.4. The van der Waals surface area contributed by atoms with Crippen LogP contribution < -0.4 is 16.4 Å². The van der Waals surface area contributed by atoms with Gasteiger partial charge in [-0.2, -0.15) is 0 Å². The molecule has 4 heteroatoms. The Morgan fingerprint density at radius 2 is 0.592 bits per heavy atom. The van der Waals surface area contributed by atoms with Crippen LogP contribution in [-0.2, 0) is 0 Å². The average Bonchev–Trinajstić information content (AvgIpc) is 3.10. The smallest absolute Gasteiger partial charge is 0.243 e. The van der Waals surface area contributed by atoms with E-state index in [1.54, 1.807) is 0 Å². The van der Waals surface area contributed by atoms with E-state index in [1.165, 1.54) is 99.8 Å². The van der Waals surface area contributed by atoms with Crippen molar-refractivity contribution < 1.29 is 0 Å². The van der Waals surface area contributed by atoms with Crippen LogP contribution in [0.5, 0.6) is 0 Å². The molecule has 0 atom stereocenters. The average molecular weight is 642 g/mol. The maximum Gasteiger partial charge on any atom is 0.243 e. The van der Waals surface area contributed by atoms with Gasteiger partial charge in [0, 0.05) is 53.9 Å². The number of nitrogens with zero attached hydrogens (tertiary/aromatic N) is 3. The summed E-state index contributed by atoms with van der Waals surface area (Å²) in [5.41, 5.74) is 27.5. The van der Waals surface area contributed by atoms with E-state index in [0.29, 0.717) is 0 Å². The molecule has 0 saturated heterocycles. The summed E-state index contributed by atoms with van der Waals surface area (Å²) in [4.78, 5) is 13.7. The zero-order valence-electron chi connectivity index (χ0n) is 31.3. The minimum atomic E-state index is -0.0147. The Labute approximate surface area is 294 Å². The minimum Gasteiger partial charge on any atom is -0.264 e. The van der Waals surface area contributed by atoms with Crippen LogP contribution in [0.1, 0.15) is 66.8 Å². The first-order valence-corrected chi connectivity index (χ1v) is 17.4. The van der Waals surface area contributed by atoms with E-state index in [2.05, 4.69) is 134 Å². The van der Waals surface area contributed by atoms with Crippen LogP contribution in [0.2, 0.25) is 0 Å². The van der Waals surface area contributed by atoms with Crippen LogP contribution in [0.3, 0.4) is 0 Å². The van der Waals surface area contributed by atoms with Gasteiger partial charge in [0.25, 0.3) is 0 Å². The molecular formula is C45H48BN3. The van der Waals surface area contributed by atoms with Gasteiger partial charge in [-0.05, 0) is 168 Å². The van der Waals surface area contributed by atoms with Gasteiger partial charge in [0.1, 0.15) is 0 Å². The third-order valence-corrected chi connectivity index (χ3v) is 11.8. The zero-order valence-corrected chi connectivity index (χ0v) is 31.3. The Bertz CT molecular complexity index is 1970. The molecule has 0 aliphatic rings. The third kappa shape index (κ3) is 5.52. The second kappa shape index (κ2) is 13.2. The second-order valence-electron chi connectivity index (χ2n) is 14.0. The lowest BCUT2D eigenvalue weighted by atomic mass is 9.32. The predicted octanol–water partition coefficient (Wildman–Crippen LogP) is 9.09. The van der Waals surface area contributed by atoms with Gasteiger partial charge in [-0.1, -0.05) is 51.3 Å². The van der Waals surface area contributed by atoms with Gasteiger partial charge in [-0.15, -0.1) is 0 Å². The van der Waals surface area contributed by atoms with Gasteiger partial charge in [-0.25, -0.2) is 0 Å². The van der Waals surface area contributed by atoms with Gasteiger partial charge >= 0.3 is 0 Å². The molecule has 6 rings (SSSR count). The van der Waals surface area contributed by atoms with Crippen molar-refractivity contribution in [3.63, 3.8) is 0 Å². The molecule has 0 amide bonds. The molecule has 3 aromatic carbocycles. The summed E-state index contributed by atoms with van der Waals surface area (Å²) in [6.45, 7) is 27.7. The molecule has 0 unspecified atom stereocenters. The van der Waals surface area contributed by atoms with Crippen LogP contribution in [0, 0.1) is 83.1 Å². The summed E-state index contributed by atoms with van der Waals surface area (Å²) >= 11 is 0. The summed E-state index contributed by atoms with van der Waals surface area (Å²) in [5.74, 6) is 0. The highest BCUT2D eigenvalue weighted by molar-refractivity contribution is 6.97. The van der Waals surface area contributed by atoms with Gasteiger partial charge in [-0.3, -0.25) is 15.0 Å². The van der Waals surface area contributed by atoms with Crippen molar-refractivity contribution >= 4 is 23.1 Å². The summed E-state index contributed by atoms with van der Waals surface area (Å²) in [6.07, 6.45) is 11.6. The van der Waals surface area contributed by atoms with Crippen LogP contribution in [0.4, 0.5) is 0 Å². The van der Waals surface area contributed by atoms with Crippen molar-refractivity contribution in [1.29, 1.82) is 0 Å². The first-order valence-electron chi connectivity index (χ1n) is 17.4. The summed E-state index contributed by atoms with van der Waals surface area (Å²) in [5, 5.41) is 0. The molecule has 0 saturated carbocycles. The minimum absolute atomic E-state index is 0.0147. The number of benzene rings is 3. The molecule has 3 nitrogen and oxygen atoms in total. The van der Waals surface area contributed by atoms with E-state index in [1.807, 2.05) is 37.2 Å². The van der Waals surface area contributed by atoms with Crippen LogP contribution in [0.25, 0.3) is 33.4 Å². The van der Waals surface area contributed by atoms with E-state index in [9.17, 15) is 0 Å². The van der Waals surface area contributed by atoms with Crippen LogP contribution >= 0.6 is 0 Å². The predicted molar refractivity (Wildman–Crippen MR) is 211 cm³/mol. The van der Waals surface area contributed by atoms with Crippen molar-refractivity contribution in [1.82, 2.24) is 15.0 Å².